The highest BCUT2D eigenvalue weighted by Crippen LogP contribution is 2.29. The van der Waals surface area contributed by atoms with E-state index in [2.05, 4.69) is 15.5 Å². The molecule has 0 radical (unpaired) electrons. The SMILES string of the molecule is CSc1cccc(NC(=O)C2CCCN(S(=O)(=O)c3cc(-c4noc(C)n4)ccc3C)C2)c1. The lowest BCUT2D eigenvalue weighted by Gasteiger charge is -2.31. The lowest BCUT2D eigenvalue weighted by Crippen LogP contribution is -2.43. The zero-order valence-electron chi connectivity index (χ0n) is 18.7. The molecule has 1 unspecified atom stereocenters. The van der Waals surface area contributed by atoms with Gasteiger partial charge in [-0.25, -0.2) is 8.42 Å². The summed E-state index contributed by atoms with van der Waals surface area (Å²) in [5, 5.41) is 6.83. The number of rotatable bonds is 6. The first-order valence-electron chi connectivity index (χ1n) is 10.6. The number of aryl methyl sites for hydroxylation is 2. The minimum absolute atomic E-state index is 0.140. The van der Waals surface area contributed by atoms with E-state index in [0.29, 0.717) is 47.9 Å². The molecule has 174 valence electrons. The first kappa shape index (κ1) is 23.5. The molecule has 2 heterocycles. The van der Waals surface area contributed by atoms with E-state index in [-0.39, 0.29) is 17.3 Å². The number of hydrogen-bond acceptors (Lipinski definition) is 7. The quantitative estimate of drug-likeness (QED) is 0.523. The van der Waals surface area contributed by atoms with Gasteiger partial charge in [-0.05, 0) is 55.9 Å². The fourth-order valence-electron chi connectivity index (χ4n) is 3.89. The molecule has 1 aliphatic heterocycles. The van der Waals surface area contributed by atoms with Crippen LogP contribution >= 0.6 is 11.8 Å². The zero-order valence-corrected chi connectivity index (χ0v) is 20.4. The largest absolute Gasteiger partial charge is 0.339 e. The van der Waals surface area contributed by atoms with E-state index in [4.69, 9.17) is 4.52 Å². The highest BCUT2D eigenvalue weighted by Gasteiger charge is 2.34. The van der Waals surface area contributed by atoms with Crippen LogP contribution in [-0.4, -0.2) is 48.1 Å². The van der Waals surface area contributed by atoms with Crippen LogP contribution in [0.3, 0.4) is 0 Å². The summed E-state index contributed by atoms with van der Waals surface area (Å²) in [4.78, 5) is 18.4. The van der Waals surface area contributed by atoms with Crippen LogP contribution in [0.1, 0.15) is 24.3 Å². The van der Waals surface area contributed by atoms with Gasteiger partial charge in [-0.1, -0.05) is 23.4 Å². The summed E-state index contributed by atoms with van der Waals surface area (Å²) in [6, 6.07) is 12.7. The minimum Gasteiger partial charge on any atom is -0.339 e. The van der Waals surface area contributed by atoms with Gasteiger partial charge in [0, 0.05) is 36.2 Å². The number of carbonyl (C=O) groups excluding carboxylic acids is 1. The number of piperidine rings is 1. The molecule has 1 aliphatic rings. The molecule has 33 heavy (non-hydrogen) atoms. The van der Waals surface area contributed by atoms with E-state index < -0.39 is 15.9 Å². The lowest BCUT2D eigenvalue weighted by atomic mass is 9.99. The maximum atomic E-state index is 13.5. The third-order valence-corrected chi connectivity index (χ3v) is 8.42. The Kier molecular flexibility index (Phi) is 6.87. The predicted octanol–water partition coefficient (Wildman–Crippen LogP) is 4.11. The Morgan fingerprint density at radius 1 is 1.21 bits per heavy atom. The molecule has 1 fully saturated rings. The van der Waals surface area contributed by atoms with Crippen LogP contribution in [0, 0.1) is 19.8 Å². The number of hydrogen-bond donors (Lipinski definition) is 1. The summed E-state index contributed by atoms with van der Waals surface area (Å²) in [5.41, 5.74) is 1.90. The number of nitrogens with zero attached hydrogens (tertiary/aromatic N) is 3. The monoisotopic (exact) mass is 486 g/mol. The van der Waals surface area contributed by atoms with Gasteiger partial charge in [0.05, 0.1) is 10.8 Å². The average Bonchev–Trinajstić information content (AvgIpc) is 3.25. The Hall–Kier alpha value is -2.69. The first-order chi connectivity index (χ1) is 15.8. The summed E-state index contributed by atoms with van der Waals surface area (Å²) in [7, 11) is -3.80. The predicted molar refractivity (Wildman–Crippen MR) is 128 cm³/mol. The Labute approximate surface area is 197 Å². The highest BCUT2D eigenvalue weighted by atomic mass is 32.2. The molecule has 0 bridgehead atoms. The maximum absolute atomic E-state index is 13.5. The van der Waals surface area contributed by atoms with E-state index in [1.54, 1.807) is 43.8 Å². The zero-order chi connectivity index (χ0) is 23.6. The van der Waals surface area contributed by atoms with Crippen molar-refractivity contribution < 1.29 is 17.7 Å². The van der Waals surface area contributed by atoms with Gasteiger partial charge in [0.15, 0.2) is 0 Å². The number of amides is 1. The van der Waals surface area contributed by atoms with Crippen molar-refractivity contribution in [2.75, 3.05) is 24.7 Å². The molecule has 1 aromatic heterocycles. The van der Waals surface area contributed by atoms with Crippen molar-refractivity contribution in [1.29, 1.82) is 0 Å². The molecule has 1 saturated heterocycles. The Balaban J connectivity index is 1.54. The van der Waals surface area contributed by atoms with Crippen molar-refractivity contribution in [2.24, 2.45) is 5.92 Å². The van der Waals surface area contributed by atoms with Crippen LogP contribution in [0.5, 0.6) is 0 Å². The van der Waals surface area contributed by atoms with E-state index in [1.807, 2.05) is 30.5 Å². The second kappa shape index (κ2) is 9.66. The van der Waals surface area contributed by atoms with Gasteiger partial charge in [0.25, 0.3) is 0 Å². The number of thioether (sulfide) groups is 1. The summed E-state index contributed by atoms with van der Waals surface area (Å²) in [5.74, 6) is 0.158. The number of aromatic nitrogens is 2. The number of nitrogens with one attached hydrogen (secondary N) is 1. The van der Waals surface area contributed by atoms with Gasteiger partial charge >= 0.3 is 0 Å². The van der Waals surface area contributed by atoms with Crippen LogP contribution in [0.2, 0.25) is 0 Å². The van der Waals surface area contributed by atoms with Gasteiger partial charge in [-0.3, -0.25) is 4.79 Å². The highest BCUT2D eigenvalue weighted by molar-refractivity contribution is 7.98. The molecule has 0 aliphatic carbocycles. The topological polar surface area (TPSA) is 105 Å². The molecular formula is C23H26N4O4S2. The van der Waals surface area contributed by atoms with Crippen molar-refractivity contribution >= 4 is 33.4 Å². The normalized spacial score (nSPS) is 17.1. The van der Waals surface area contributed by atoms with Crippen molar-refractivity contribution in [3.63, 3.8) is 0 Å². The summed E-state index contributed by atoms with van der Waals surface area (Å²) >= 11 is 1.60. The molecule has 1 amide bonds. The second-order valence-electron chi connectivity index (χ2n) is 8.04. The van der Waals surface area contributed by atoms with Crippen LogP contribution in [0.25, 0.3) is 11.4 Å². The van der Waals surface area contributed by atoms with Crippen molar-refractivity contribution in [3.8, 4) is 11.4 Å². The van der Waals surface area contributed by atoms with E-state index in [9.17, 15) is 13.2 Å². The Bertz CT molecular complexity index is 1270. The average molecular weight is 487 g/mol. The standard InChI is InChI=1S/C23H26N4O4S2/c1-15-9-10-17(22-24-16(2)31-26-22)12-21(15)33(29,30)27-11-5-6-18(14-27)23(28)25-19-7-4-8-20(13-19)32-3/h4,7-10,12-13,18H,5-6,11,14H2,1-3H3,(H,25,28). The Morgan fingerprint density at radius 2 is 2.03 bits per heavy atom. The van der Waals surface area contributed by atoms with Crippen molar-refractivity contribution in [1.82, 2.24) is 14.4 Å². The van der Waals surface area contributed by atoms with E-state index in [0.717, 1.165) is 4.90 Å². The van der Waals surface area contributed by atoms with Crippen molar-refractivity contribution in [3.05, 3.63) is 53.9 Å². The molecule has 3 aromatic rings. The summed E-state index contributed by atoms with van der Waals surface area (Å²) < 4.78 is 33.5. The molecule has 0 saturated carbocycles. The molecular weight excluding hydrogens is 460 g/mol. The van der Waals surface area contributed by atoms with E-state index >= 15 is 0 Å². The molecule has 2 aromatic carbocycles. The second-order valence-corrected chi connectivity index (χ2v) is 10.8. The van der Waals surface area contributed by atoms with Gasteiger partial charge in [-0.15, -0.1) is 11.8 Å². The molecule has 1 atom stereocenters. The number of benzene rings is 2. The lowest BCUT2D eigenvalue weighted by molar-refractivity contribution is -0.120. The molecule has 1 N–H and O–H groups in total. The number of carbonyl (C=O) groups is 1. The van der Waals surface area contributed by atoms with Gasteiger partial charge in [0.1, 0.15) is 0 Å². The van der Waals surface area contributed by atoms with Crippen LogP contribution in [-0.2, 0) is 14.8 Å². The molecule has 10 heteroatoms. The van der Waals surface area contributed by atoms with Gasteiger partial charge in [-0.2, -0.15) is 9.29 Å². The molecule has 0 spiro atoms. The summed E-state index contributed by atoms with van der Waals surface area (Å²) in [6.07, 6.45) is 3.23. The van der Waals surface area contributed by atoms with Crippen LogP contribution < -0.4 is 5.32 Å². The Morgan fingerprint density at radius 3 is 2.76 bits per heavy atom. The first-order valence-corrected chi connectivity index (χ1v) is 13.3. The fourth-order valence-corrected chi connectivity index (χ4v) is 6.13. The van der Waals surface area contributed by atoms with Crippen molar-refractivity contribution in [2.45, 2.75) is 36.5 Å². The number of sulfonamides is 1. The fraction of sp³-hybridized carbons (Fsp3) is 0.348. The molecule has 4 rings (SSSR count). The summed E-state index contributed by atoms with van der Waals surface area (Å²) in [6.45, 7) is 3.95. The number of anilines is 1. The third-order valence-electron chi connectivity index (χ3n) is 5.68. The van der Waals surface area contributed by atoms with E-state index in [1.165, 1.54) is 4.31 Å². The van der Waals surface area contributed by atoms with Gasteiger partial charge < -0.3 is 9.84 Å². The minimum atomic E-state index is -3.80. The van der Waals surface area contributed by atoms with Crippen LogP contribution in [0.4, 0.5) is 5.69 Å². The third kappa shape index (κ3) is 5.13. The van der Waals surface area contributed by atoms with Crippen LogP contribution in [0.15, 0.2) is 56.8 Å². The van der Waals surface area contributed by atoms with Gasteiger partial charge in [0.2, 0.25) is 27.6 Å². The molecule has 8 nitrogen and oxygen atoms in total. The maximum Gasteiger partial charge on any atom is 0.243 e. The smallest absolute Gasteiger partial charge is 0.243 e.